The molecular weight excluding hydrogens is 215 g/mol. The fourth-order valence-electron chi connectivity index (χ4n) is 2.36. The normalized spacial score (nSPS) is 18.6. The van der Waals surface area contributed by atoms with Gasteiger partial charge in [-0.2, -0.15) is 0 Å². The number of halogens is 1. The molecular formula is C15H17FO. The number of Topliss-reactive ketones (excluding diaryl/α,β-unsaturated/α-hetero) is 1. The van der Waals surface area contributed by atoms with E-state index in [4.69, 9.17) is 0 Å². The highest BCUT2D eigenvalue weighted by atomic mass is 19.1. The summed E-state index contributed by atoms with van der Waals surface area (Å²) in [6.07, 6.45) is 5.17. The number of carbonyl (C=O) groups excluding carboxylic acids is 1. The third kappa shape index (κ3) is 2.46. The third-order valence-electron chi connectivity index (χ3n) is 3.43. The smallest absolute Gasteiger partial charge is 0.189 e. The van der Waals surface area contributed by atoms with Gasteiger partial charge in [0.15, 0.2) is 5.78 Å². The van der Waals surface area contributed by atoms with E-state index in [0.717, 1.165) is 24.8 Å². The van der Waals surface area contributed by atoms with E-state index in [1.165, 1.54) is 12.1 Å². The fraction of sp³-hybridized carbons (Fsp3) is 0.400. The predicted molar refractivity (Wildman–Crippen MR) is 66.4 cm³/mol. The van der Waals surface area contributed by atoms with Crippen LogP contribution in [0.25, 0.3) is 0 Å². The van der Waals surface area contributed by atoms with Gasteiger partial charge in [0, 0.05) is 11.1 Å². The van der Waals surface area contributed by atoms with Crippen LogP contribution in [0.3, 0.4) is 0 Å². The molecule has 0 N–H and O–H groups in total. The Hall–Kier alpha value is -1.44. The van der Waals surface area contributed by atoms with E-state index in [1.807, 2.05) is 6.08 Å². The molecule has 2 rings (SSSR count). The van der Waals surface area contributed by atoms with Crippen LogP contribution in [0.15, 0.2) is 35.9 Å². The second-order valence-corrected chi connectivity index (χ2v) is 5.23. The lowest BCUT2D eigenvalue weighted by Gasteiger charge is -2.30. The number of allylic oxidation sites excluding steroid dienone is 2. The first-order valence-corrected chi connectivity index (χ1v) is 6.01. The zero-order chi connectivity index (χ0) is 12.5. The van der Waals surface area contributed by atoms with Gasteiger partial charge in [0.1, 0.15) is 5.82 Å². The highest BCUT2D eigenvalue weighted by molar-refractivity contribution is 6.09. The summed E-state index contributed by atoms with van der Waals surface area (Å²) in [7, 11) is 0. The summed E-state index contributed by atoms with van der Waals surface area (Å²) in [5.41, 5.74) is 1.38. The first kappa shape index (κ1) is 12.0. The van der Waals surface area contributed by atoms with Crippen LogP contribution in [0.1, 0.15) is 43.5 Å². The molecule has 17 heavy (non-hydrogen) atoms. The van der Waals surface area contributed by atoms with Crippen LogP contribution < -0.4 is 0 Å². The van der Waals surface area contributed by atoms with E-state index in [9.17, 15) is 9.18 Å². The summed E-state index contributed by atoms with van der Waals surface area (Å²) in [5.74, 6) is -0.270. The van der Waals surface area contributed by atoms with Crippen LogP contribution in [0.4, 0.5) is 4.39 Å². The van der Waals surface area contributed by atoms with Crippen molar-refractivity contribution >= 4 is 5.78 Å². The van der Waals surface area contributed by atoms with Gasteiger partial charge in [-0.25, -0.2) is 4.39 Å². The Labute approximate surface area is 101 Å². The standard InChI is InChI=1S/C15H17FO/c1-15(2)10-4-3-5-13(15)14(17)11-6-8-12(16)9-7-11/h5-9H,3-4,10H2,1-2H3. The number of hydrogen-bond acceptors (Lipinski definition) is 1. The first-order valence-electron chi connectivity index (χ1n) is 6.01. The van der Waals surface area contributed by atoms with Crippen molar-refractivity contribution in [3.8, 4) is 0 Å². The SMILES string of the molecule is CC1(C)CCCC=C1C(=O)c1ccc(F)cc1. The minimum absolute atomic E-state index is 0.0368. The lowest BCUT2D eigenvalue weighted by Crippen LogP contribution is -2.24. The highest BCUT2D eigenvalue weighted by Crippen LogP contribution is 2.38. The van der Waals surface area contributed by atoms with Gasteiger partial charge in [-0.05, 0) is 48.9 Å². The zero-order valence-electron chi connectivity index (χ0n) is 10.3. The Morgan fingerprint density at radius 2 is 1.88 bits per heavy atom. The van der Waals surface area contributed by atoms with Gasteiger partial charge >= 0.3 is 0 Å². The van der Waals surface area contributed by atoms with Crippen LogP contribution in [-0.4, -0.2) is 5.78 Å². The molecule has 1 nitrogen and oxygen atoms in total. The molecule has 1 aliphatic carbocycles. The molecule has 0 saturated heterocycles. The van der Waals surface area contributed by atoms with Gasteiger partial charge in [0.2, 0.25) is 0 Å². The average Bonchev–Trinajstić information content (AvgIpc) is 2.28. The zero-order valence-corrected chi connectivity index (χ0v) is 10.3. The van der Waals surface area contributed by atoms with Crippen LogP contribution in [-0.2, 0) is 0 Å². The quantitative estimate of drug-likeness (QED) is 0.700. The largest absolute Gasteiger partial charge is 0.289 e. The second kappa shape index (κ2) is 4.44. The molecule has 0 spiro atoms. The molecule has 0 aliphatic heterocycles. The molecule has 1 aromatic rings. The van der Waals surface area contributed by atoms with Crippen molar-refractivity contribution in [3.63, 3.8) is 0 Å². The molecule has 1 aliphatic rings. The Morgan fingerprint density at radius 3 is 2.47 bits per heavy atom. The van der Waals surface area contributed by atoms with E-state index < -0.39 is 0 Å². The van der Waals surface area contributed by atoms with Gasteiger partial charge in [-0.15, -0.1) is 0 Å². The summed E-state index contributed by atoms with van der Waals surface area (Å²) in [5, 5.41) is 0. The Balaban J connectivity index is 2.31. The van der Waals surface area contributed by atoms with Gasteiger partial charge < -0.3 is 0 Å². The van der Waals surface area contributed by atoms with Gasteiger partial charge in [0.25, 0.3) is 0 Å². The monoisotopic (exact) mass is 232 g/mol. The summed E-state index contributed by atoms with van der Waals surface area (Å²) >= 11 is 0. The average molecular weight is 232 g/mol. The molecule has 0 heterocycles. The first-order chi connectivity index (χ1) is 8.00. The lowest BCUT2D eigenvalue weighted by molar-refractivity contribution is 0.1000. The summed E-state index contributed by atoms with van der Waals surface area (Å²) < 4.78 is 12.8. The number of hydrogen-bond donors (Lipinski definition) is 0. The molecule has 0 aromatic heterocycles. The number of ketones is 1. The van der Waals surface area contributed by atoms with Crippen LogP contribution in [0.2, 0.25) is 0 Å². The predicted octanol–water partition coefficient (Wildman–Crippen LogP) is 4.14. The van der Waals surface area contributed by atoms with E-state index in [2.05, 4.69) is 13.8 Å². The van der Waals surface area contributed by atoms with Gasteiger partial charge in [-0.3, -0.25) is 4.79 Å². The Morgan fingerprint density at radius 1 is 1.24 bits per heavy atom. The maximum Gasteiger partial charge on any atom is 0.189 e. The van der Waals surface area contributed by atoms with E-state index >= 15 is 0 Å². The molecule has 0 radical (unpaired) electrons. The molecule has 2 heteroatoms. The van der Waals surface area contributed by atoms with Crippen LogP contribution in [0, 0.1) is 11.2 Å². The second-order valence-electron chi connectivity index (χ2n) is 5.23. The van der Waals surface area contributed by atoms with E-state index in [-0.39, 0.29) is 17.0 Å². The van der Waals surface area contributed by atoms with Crippen molar-refractivity contribution in [2.24, 2.45) is 5.41 Å². The topological polar surface area (TPSA) is 17.1 Å². The van der Waals surface area contributed by atoms with Crippen molar-refractivity contribution in [2.45, 2.75) is 33.1 Å². The molecule has 1 aromatic carbocycles. The molecule has 0 fully saturated rings. The summed E-state index contributed by atoms with van der Waals surface area (Å²) in [6.45, 7) is 4.19. The van der Waals surface area contributed by atoms with Crippen molar-refractivity contribution < 1.29 is 9.18 Å². The molecule has 0 saturated carbocycles. The molecule has 0 atom stereocenters. The molecule has 0 unspecified atom stereocenters. The number of carbonyl (C=O) groups is 1. The summed E-state index contributed by atoms with van der Waals surface area (Å²) in [6, 6.07) is 5.79. The third-order valence-corrected chi connectivity index (χ3v) is 3.43. The number of rotatable bonds is 2. The van der Waals surface area contributed by atoms with Crippen molar-refractivity contribution in [3.05, 3.63) is 47.3 Å². The van der Waals surface area contributed by atoms with Gasteiger partial charge in [0.05, 0.1) is 0 Å². The van der Waals surface area contributed by atoms with E-state index in [1.54, 1.807) is 12.1 Å². The van der Waals surface area contributed by atoms with Crippen LogP contribution >= 0.6 is 0 Å². The van der Waals surface area contributed by atoms with Crippen molar-refractivity contribution in [2.75, 3.05) is 0 Å². The van der Waals surface area contributed by atoms with Crippen LogP contribution in [0.5, 0.6) is 0 Å². The molecule has 0 amide bonds. The summed E-state index contributed by atoms with van der Waals surface area (Å²) in [4.78, 5) is 12.3. The Kier molecular flexibility index (Phi) is 3.14. The maximum absolute atomic E-state index is 12.8. The number of benzene rings is 1. The highest BCUT2D eigenvalue weighted by Gasteiger charge is 2.30. The lowest BCUT2D eigenvalue weighted by atomic mass is 9.73. The molecule has 0 bridgehead atoms. The molecule has 90 valence electrons. The minimum Gasteiger partial charge on any atom is -0.289 e. The van der Waals surface area contributed by atoms with Gasteiger partial charge in [-0.1, -0.05) is 19.9 Å². The minimum atomic E-state index is -0.307. The van der Waals surface area contributed by atoms with Crippen molar-refractivity contribution in [1.82, 2.24) is 0 Å². The maximum atomic E-state index is 12.8. The Bertz CT molecular complexity index is 454. The fourth-order valence-corrected chi connectivity index (χ4v) is 2.36. The van der Waals surface area contributed by atoms with Crippen molar-refractivity contribution in [1.29, 1.82) is 0 Å². The van der Waals surface area contributed by atoms with E-state index in [0.29, 0.717) is 5.56 Å².